The number of carbonyl (C=O) groups is 1. The minimum atomic E-state index is -3.33. The second-order valence-electron chi connectivity index (χ2n) is 6.52. The second-order valence-corrected chi connectivity index (χ2v) is 8.86. The molecule has 102 valence electrons. The van der Waals surface area contributed by atoms with Gasteiger partial charge in [-0.3, -0.25) is 4.79 Å². The lowest BCUT2D eigenvalue weighted by Crippen LogP contribution is -2.42. The van der Waals surface area contributed by atoms with E-state index in [1.54, 1.807) is 0 Å². The molecule has 0 N–H and O–H groups in total. The van der Waals surface area contributed by atoms with E-state index in [2.05, 4.69) is 13.8 Å². The summed E-state index contributed by atoms with van der Waals surface area (Å²) in [6, 6.07) is -0.0149. The summed E-state index contributed by atoms with van der Waals surface area (Å²) in [6.45, 7) is 4.21. The monoisotopic (exact) mass is 291 g/mol. The van der Waals surface area contributed by atoms with Crippen LogP contribution in [0.4, 0.5) is 0 Å². The number of hydrogen-bond donors (Lipinski definition) is 0. The van der Waals surface area contributed by atoms with Gasteiger partial charge in [-0.05, 0) is 42.2 Å². The first kappa shape index (κ1) is 12.9. The highest BCUT2D eigenvalue weighted by Gasteiger charge is 2.71. The van der Waals surface area contributed by atoms with Gasteiger partial charge in [-0.25, -0.2) is 8.42 Å². The Morgan fingerprint density at radius 3 is 2.67 bits per heavy atom. The SMILES string of the molecule is CC1(C)[C@@H]2CC[C@]13CS(=O)(=O)N(CC(=O)Cl)[C@@H]3C2. The zero-order chi connectivity index (χ0) is 13.3. The fraction of sp³-hybridized carbons (Fsp3) is 0.917. The van der Waals surface area contributed by atoms with Gasteiger partial charge in [0.05, 0.1) is 12.3 Å². The van der Waals surface area contributed by atoms with Crippen LogP contribution < -0.4 is 0 Å². The van der Waals surface area contributed by atoms with E-state index >= 15 is 0 Å². The molecule has 3 rings (SSSR count). The van der Waals surface area contributed by atoms with E-state index in [1.807, 2.05) is 0 Å². The van der Waals surface area contributed by atoms with E-state index in [0.717, 1.165) is 19.3 Å². The van der Waals surface area contributed by atoms with E-state index in [-0.39, 0.29) is 29.2 Å². The predicted molar refractivity (Wildman–Crippen MR) is 68.7 cm³/mol. The molecule has 18 heavy (non-hydrogen) atoms. The number of halogens is 1. The van der Waals surface area contributed by atoms with Gasteiger partial charge in [0.1, 0.15) is 0 Å². The average molecular weight is 292 g/mol. The Bertz CT molecular complexity index is 515. The van der Waals surface area contributed by atoms with Crippen LogP contribution in [-0.4, -0.2) is 36.3 Å². The lowest BCUT2D eigenvalue weighted by molar-refractivity contribution is -0.112. The first-order chi connectivity index (χ1) is 8.21. The Balaban J connectivity index is 2.05. The number of fused-ring (bicyclic) bond motifs is 1. The Labute approximate surface area is 113 Å². The normalized spacial score (nSPS) is 44.2. The van der Waals surface area contributed by atoms with Crippen LogP contribution in [0.3, 0.4) is 0 Å². The molecule has 1 heterocycles. The van der Waals surface area contributed by atoms with Crippen LogP contribution in [0, 0.1) is 16.7 Å². The highest BCUT2D eigenvalue weighted by molar-refractivity contribution is 7.89. The summed E-state index contributed by atoms with van der Waals surface area (Å²) in [7, 11) is -3.33. The van der Waals surface area contributed by atoms with Gasteiger partial charge in [0.15, 0.2) is 0 Å². The lowest BCUT2D eigenvalue weighted by atomic mass is 9.69. The molecule has 4 nitrogen and oxygen atoms in total. The van der Waals surface area contributed by atoms with Crippen LogP contribution in [0.15, 0.2) is 0 Å². The van der Waals surface area contributed by atoms with Crippen molar-refractivity contribution in [2.24, 2.45) is 16.7 Å². The van der Waals surface area contributed by atoms with Crippen LogP contribution in [0.2, 0.25) is 0 Å². The van der Waals surface area contributed by atoms with Crippen molar-refractivity contribution in [1.82, 2.24) is 4.31 Å². The first-order valence-corrected chi connectivity index (χ1v) is 8.37. The molecule has 3 aliphatic rings. The van der Waals surface area contributed by atoms with Gasteiger partial charge in [0.2, 0.25) is 15.3 Å². The quantitative estimate of drug-likeness (QED) is 0.726. The van der Waals surface area contributed by atoms with Gasteiger partial charge in [0, 0.05) is 11.5 Å². The van der Waals surface area contributed by atoms with Crippen LogP contribution in [0.25, 0.3) is 0 Å². The molecule has 0 aromatic heterocycles. The third kappa shape index (κ3) is 1.36. The summed E-state index contributed by atoms with van der Waals surface area (Å²) < 4.78 is 26.0. The largest absolute Gasteiger partial charge is 0.280 e. The maximum absolute atomic E-state index is 12.3. The highest BCUT2D eigenvalue weighted by Crippen LogP contribution is 2.69. The Morgan fingerprint density at radius 1 is 1.44 bits per heavy atom. The number of hydrogen-bond acceptors (Lipinski definition) is 3. The lowest BCUT2D eigenvalue weighted by Gasteiger charge is -2.37. The van der Waals surface area contributed by atoms with Crippen molar-refractivity contribution in [2.75, 3.05) is 12.3 Å². The molecule has 1 saturated heterocycles. The molecule has 0 amide bonds. The van der Waals surface area contributed by atoms with Crippen molar-refractivity contribution in [3.63, 3.8) is 0 Å². The van der Waals surface area contributed by atoms with E-state index in [1.165, 1.54) is 4.31 Å². The van der Waals surface area contributed by atoms with Gasteiger partial charge in [-0.15, -0.1) is 0 Å². The van der Waals surface area contributed by atoms with E-state index in [9.17, 15) is 13.2 Å². The fourth-order valence-electron chi connectivity index (χ4n) is 4.71. The summed E-state index contributed by atoms with van der Waals surface area (Å²) in [5, 5.41) is -0.587. The van der Waals surface area contributed by atoms with Gasteiger partial charge in [-0.1, -0.05) is 13.8 Å². The molecule has 2 aliphatic carbocycles. The Morgan fingerprint density at radius 2 is 2.11 bits per heavy atom. The van der Waals surface area contributed by atoms with Gasteiger partial charge < -0.3 is 0 Å². The third-order valence-corrected chi connectivity index (χ3v) is 7.91. The molecular weight excluding hydrogens is 274 g/mol. The predicted octanol–water partition coefficient (Wildman–Crippen LogP) is 1.59. The van der Waals surface area contributed by atoms with Crippen molar-refractivity contribution in [1.29, 1.82) is 0 Å². The first-order valence-electron chi connectivity index (χ1n) is 6.38. The van der Waals surface area contributed by atoms with Gasteiger partial charge in [-0.2, -0.15) is 4.31 Å². The standard InChI is InChI=1S/C12H18ClNO3S/c1-11(2)8-3-4-12(11)7-18(16,17)14(6-10(13)15)9(12)5-8/h8-9H,3-7H2,1-2H3/t8-,9-,12-/m1/s1. The molecular formula is C12H18ClNO3S. The Kier molecular flexibility index (Phi) is 2.50. The van der Waals surface area contributed by atoms with Crippen LogP contribution in [0.1, 0.15) is 33.1 Å². The van der Waals surface area contributed by atoms with E-state index in [4.69, 9.17) is 11.6 Å². The van der Waals surface area contributed by atoms with Crippen molar-refractivity contribution in [3.05, 3.63) is 0 Å². The zero-order valence-electron chi connectivity index (χ0n) is 10.6. The van der Waals surface area contributed by atoms with Crippen molar-refractivity contribution in [2.45, 2.75) is 39.2 Å². The molecule has 0 aromatic carbocycles. The molecule has 6 heteroatoms. The molecule has 2 saturated carbocycles. The fourth-order valence-corrected chi connectivity index (χ4v) is 7.42. The molecule has 2 bridgehead atoms. The molecule has 3 fully saturated rings. The molecule has 0 radical (unpaired) electrons. The van der Waals surface area contributed by atoms with Crippen LogP contribution in [0.5, 0.6) is 0 Å². The second kappa shape index (κ2) is 3.49. The number of rotatable bonds is 2. The molecule has 3 atom stereocenters. The number of sulfonamides is 1. The van der Waals surface area contributed by atoms with Crippen LogP contribution >= 0.6 is 11.6 Å². The number of carbonyl (C=O) groups excluding carboxylic acids is 1. The minimum absolute atomic E-state index is 0.0149. The van der Waals surface area contributed by atoms with Gasteiger partial charge in [0.25, 0.3) is 0 Å². The van der Waals surface area contributed by atoms with E-state index < -0.39 is 15.3 Å². The van der Waals surface area contributed by atoms with Crippen molar-refractivity contribution in [3.8, 4) is 0 Å². The van der Waals surface area contributed by atoms with Crippen LogP contribution in [-0.2, 0) is 14.8 Å². The summed E-state index contributed by atoms with van der Waals surface area (Å²) >= 11 is 5.40. The minimum Gasteiger partial charge on any atom is -0.280 e. The maximum Gasteiger partial charge on any atom is 0.236 e. The highest BCUT2D eigenvalue weighted by atomic mass is 35.5. The third-order valence-electron chi connectivity index (χ3n) is 5.81. The molecule has 0 aromatic rings. The molecule has 1 spiro atoms. The van der Waals surface area contributed by atoms with Crippen molar-refractivity contribution >= 4 is 26.9 Å². The van der Waals surface area contributed by atoms with E-state index in [0.29, 0.717) is 5.92 Å². The summed E-state index contributed by atoms with van der Waals surface area (Å²) in [4.78, 5) is 11.1. The summed E-state index contributed by atoms with van der Waals surface area (Å²) in [5.41, 5.74) is -0.113. The summed E-state index contributed by atoms with van der Waals surface area (Å²) in [6.07, 6.45) is 2.96. The maximum atomic E-state index is 12.3. The zero-order valence-corrected chi connectivity index (χ0v) is 12.2. The molecule has 0 unspecified atom stereocenters. The average Bonchev–Trinajstić information content (AvgIpc) is 2.67. The topological polar surface area (TPSA) is 54.5 Å². The smallest absolute Gasteiger partial charge is 0.236 e. The Hall–Kier alpha value is -0.130. The van der Waals surface area contributed by atoms with Gasteiger partial charge >= 0.3 is 0 Å². The van der Waals surface area contributed by atoms with Crippen molar-refractivity contribution < 1.29 is 13.2 Å². The number of nitrogens with zero attached hydrogens (tertiary/aromatic N) is 1. The summed E-state index contributed by atoms with van der Waals surface area (Å²) in [5.74, 6) is 0.768. The molecule has 1 aliphatic heterocycles.